The van der Waals surface area contributed by atoms with Gasteiger partial charge >= 0.3 is 6.03 Å². The molecule has 0 radical (unpaired) electrons. The number of nitrogens with zero attached hydrogens (tertiary/aromatic N) is 3. The Morgan fingerprint density at radius 2 is 2.22 bits per heavy atom. The highest BCUT2D eigenvalue weighted by atomic mass is 32.2. The van der Waals surface area contributed by atoms with E-state index < -0.39 is 9.84 Å². The van der Waals surface area contributed by atoms with E-state index in [-0.39, 0.29) is 29.6 Å². The van der Waals surface area contributed by atoms with E-state index in [4.69, 9.17) is 0 Å². The third kappa shape index (κ3) is 2.66. The van der Waals surface area contributed by atoms with Gasteiger partial charge in [-0.1, -0.05) is 6.07 Å². The first-order valence-corrected chi connectivity index (χ1v) is 9.81. The summed E-state index contributed by atoms with van der Waals surface area (Å²) >= 11 is 1.09. The van der Waals surface area contributed by atoms with E-state index in [2.05, 4.69) is 19.4 Å². The molecule has 10 heteroatoms. The molecule has 0 unspecified atom stereocenters. The van der Waals surface area contributed by atoms with E-state index in [0.717, 1.165) is 17.2 Å². The summed E-state index contributed by atoms with van der Waals surface area (Å²) in [5.74, 6) is 0.105. The zero-order chi connectivity index (χ0) is 16.0. The van der Waals surface area contributed by atoms with Crippen molar-refractivity contribution in [2.45, 2.75) is 12.1 Å². The molecule has 122 valence electrons. The van der Waals surface area contributed by atoms with Crippen molar-refractivity contribution in [3.05, 3.63) is 18.2 Å². The number of benzene rings is 1. The molecule has 8 nitrogen and oxygen atoms in total. The maximum Gasteiger partial charge on any atom is 0.322 e. The molecule has 0 spiro atoms. The average Bonchev–Trinajstić information content (AvgIpc) is 3.09. The summed E-state index contributed by atoms with van der Waals surface area (Å²) in [4.78, 5) is 14.2. The Morgan fingerprint density at radius 3 is 3.09 bits per heavy atom. The molecule has 2 aliphatic rings. The molecule has 2 atom stereocenters. The fourth-order valence-electron chi connectivity index (χ4n) is 3.21. The summed E-state index contributed by atoms with van der Waals surface area (Å²) in [5.41, 5.74) is 1.98. The molecule has 0 aliphatic carbocycles. The van der Waals surface area contributed by atoms with Crippen molar-refractivity contribution >= 4 is 44.3 Å². The van der Waals surface area contributed by atoms with Gasteiger partial charge in [-0.15, -0.1) is 0 Å². The van der Waals surface area contributed by atoms with Gasteiger partial charge in [0.25, 0.3) is 0 Å². The highest BCUT2D eigenvalue weighted by Gasteiger charge is 2.44. The van der Waals surface area contributed by atoms with Gasteiger partial charge in [-0.3, -0.25) is 0 Å². The van der Waals surface area contributed by atoms with E-state index >= 15 is 0 Å². The minimum absolute atomic E-state index is 0.0144. The van der Waals surface area contributed by atoms with Crippen LogP contribution in [-0.4, -0.2) is 64.8 Å². The number of rotatable bonds is 1. The second-order valence-electron chi connectivity index (χ2n) is 5.77. The van der Waals surface area contributed by atoms with Crippen LogP contribution in [0.15, 0.2) is 18.2 Å². The van der Waals surface area contributed by atoms with Gasteiger partial charge in [0.05, 0.1) is 35.0 Å². The fraction of sp³-hybridized carbons (Fsp3) is 0.462. The van der Waals surface area contributed by atoms with Crippen LogP contribution in [0.3, 0.4) is 0 Å². The first-order chi connectivity index (χ1) is 11.0. The lowest BCUT2D eigenvalue weighted by Gasteiger charge is -2.37. The summed E-state index contributed by atoms with van der Waals surface area (Å²) in [7, 11) is -3.10. The number of nitrogens with one attached hydrogen (secondary N) is 2. The number of piperazine rings is 1. The number of urea groups is 1. The smallest absolute Gasteiger partial charge is 0.318 e. The van der Waals surface area contributed by atoms with Crippen LogP contribution in [0.2, 0.25) is 0 Å². The molecule has 1 aromatic heterocycles. The van der Waals surface area contributed by atoms with Crippen LogP contribution in [0.1, 0.15) is 0 Å². The summed E-state index contributed by atoms with van der Waals surface area (Å²) in [6.45, 7) is 1.07. The van der Waals surface area contributed by atoms with Crippen LogP contribution in [0, 0.1) is 0 Å². The third-order valence-corrected chi connectivity index (χ3v) is 6.53. The van der Waals surface area contributed by atoms with E-state index in [9.17, 15) is 13.2 Å². The van der Waals surface area contributed by atoms with Crippen molar-refractivity contribution in [1.29, 1.82) is 0 Å². The minimum atomic E-state index is -3.10. The van der Waals surface area contributed by atoms with Crippen LogP contribution in [0.4, 0.5) is 10.5 Å². The van der Waals surface area contributed by atoms with Crippen molar-refractivity contribution in [3.8, 4) is 0 Å². The highest BCUT2D eigenvalue weighted by molar-refractivity contribution is 7.91. The lowest BCUT2D eigenvalue weighted by atomic mass is 10.1. The summed E-state index contributed by atoms with van der Waals surface area (Å²) in [6, 6.07) is 4.61. The zero-order valence-electron chi connectivity index (χ0n) is 12.1. The molecule has 1 aromatic carbocycles. The molecular formula is C13H15N5O3S2. The number of aromatic nitrogens is 2. The van der Waals surface area contributed by atoms with Crippen molar-refractivity contribution in [2.75, 3.05) is 29.9 Å². The Kier molecular flexibility index (Phi) is 3.47. The molecule has 2 aromatic rings. The van der Waals surface area contributed by atoms with Gasteiger partial charge < -0.3 is 15.5 Å². The van der Waals surface area contributed by atoms with Crippen LogP contribution >= 0.6 is 11.7 Å². The molecular weight excluding hydrogens is 338 g/mol. The Labute approximate surface area is 137 Å². The van der Waals surface area contributed by atoms with E-state index in [1.54, 1.807) is 17.0 Å². The number of carbonyl (C=O) groups is 1. The molecule has 2 amide bonds. The maximum atomic E-state index is 12.6. The van der Waals surface area contributed by atoms with Crippen molar-refractivity contribution in [2.24, 2.45) is 0 Å². The van der Waals surface area contributed by atoms with Gasteiger partial charge in [0.15, 0.2) is 9.84 Å². The van der Waals surface area contributed by atoms with Gasteiger partial charge in [-0.05, 0) is 12.1 Å². The Hall–Kier alpha value is -1.78. The number of fused-ring (bicyclic) bond motifs is 2. The predicted molar refractivity (Wildman–Crippen MR) is 87.4 cm³/mol. The average molecular weight is 353 g/mol. The highest BCUT2D eigenvalue weighted by Crippen LogP contribution is 2.24. The largest absolute Gasteiger partial charge is 0.322 e. The Bertz CT molecular complexity index is 865. The minimum Gasteiger partial charge on any atom is -0.318 e. The number of carbonyl (C=O) groups excluding carboxylic acids is 1. The zero-order valence-corrected chi connectivity index (χ0v) is 13.7. The van der Waals surface area contributed by atoms with Gasteiger partial charge in [0.1, 0.15) is 11.0 Å². The number of hydrogen-bond acceptors (Lipinski definition) is 7. The topological polar surface area (TPSA) is 104 Å². The quantitative estimate of drug-likeness (QED) is 0.764. The molecule has 2 aliphatic heterocycles. The maximum absolute atomic E-state index is 12.6. The standard InChI is InChI=1S/C13H15N5O3S2/c19-13(15-8-2-1-3-9-12(8)17-22-16-9)18-5-4-14-10-6-23(20,21)7-11(10)18/h1-3,10-11,14H,4-7H2,(H,15,19)/t10-,11+/m1/s1. The molecule has 3 heterocycles. The van der Waals surface area contributed by atoms with Gasteiger partial charge in [0, 0.05) is 19.1 Å². The van der Waals surface area contributed by atoms with Gasteiger partial charge in [-0.2, -0.15) is 8.75 Å². The molecule has 23 heavy (non-hydrogen) atoms. The molecule has 4 rings (SSSR count). The normalized spacial score (nSPS) is 26.2. The Morgan fingerprint density at radius 1 is 1.35 bits per heavy atom. The first-order valence-electron chi connectivity index (χ1n) is 7.26. The fourth-order valence-corrected chi connectivity index (χ4v) is 5.72. The van der Waals surface area contributed by atoms with Crippen LogP contribution in [0.5, 0.6) is 0 Å². The first kappa shape index (κ1) is 14.8. The van der Waals surface area contributed by atoms with E-state index in [0.29, 0.717) is 24.3 Å². The van der Waals surface area contributed by atoms with Gasteiger partial charge in [-0.25, -0.2) is 13.2 Å². The van der Waals surface area contributed by atoms with Crippen LogP contribution in [0.25, 0.3) is 11.0 Å². The van der Waals surface area contributed by atoms with Crippen molar-refractivity contribution in [3.63, 3.8) is 0 Å². The van der Waals surface area contributed by atoms with E-state index in [1.807, 2.05) is 6.07 Å². The SMILES string of the molecule is O=C(Nc1cccc2nsnc12)N1CCN[C@@H]2CS(=O)(=O)C[C@@H]21. The van der Waals surface area contributed by atoms with Crippen LogP contribution < -0.4 is 10.6 Å². The third-order valence-electron chi connectivity index (χ3n) is 4.27. The van der Waals surface area contributed by atoms with Gasteiger partial charge in [0.2, 0.25) is 0 Å². The Balaban J connectivity index is 1.58. The number of anilines is 1. The second kappa shape index (κ2) is 5.39. The number of hydrogen-bond donors (Lipinski definition) is 2. The summed E-state index contributed by atoms with van der Waals surface area (Å²) in [5, 5.41) is 6.04. The molecule has 2 N–H and O–H groups in total. The van der Waals surface area contributed by atoms with Crippen molar-refractivity contribution < 1.29 is 13.2 Å². The summed E-state index contributed by atoms with van der Waals surface area (Å²) in [6.07, 6.45) is 0. The van der Waals surface area contributed by atoms with E-state index in [1.165, 1.54) is 0 Å². The molecule has 0 saturated carbocycles. The lowest BCUT2D eigenvalue weighted by molar-refractivity contribution is 0.163. The number of amides is 2. The monoisotopic (exact) mass is 353 g/mol. The van der Waals surface area contributed by atoms with Crippen LogP contribution in [-0.2, 0) is 9.84 Å². The summed E-state index contributed by atoms with van der Waals surface area (Å²) < 4.78 is 32.0. The predicted octanol–water partition coefficient (Wildman–Crippen LogP) is 0.294. The van der Waals surface area contributed by atoms with Crippen molar-refractivity contribution in [1.82, 2.24) is 19.0 Å². The molecule has 2 fully saturated rings. The number of sulfone groups is 1. The second-order valence-corrected chi connectivity index (χ2v) is 8.45. The molecule has 2 saturated heterocycles. The molecule has 0 bridgehead atoms. The lowest BCUT2D eigenvalue weighted by Crippen LogP contribution is -2.59.